The fraction of sp³-hybridized carbons (Fsp3) is 0.250. The van der Waals surface area contributed by atoms with Crippen molar-refractivity contribution in [1.29, 1.82) is 0 Å². The van der Waals surface area contributed by atoms with E-state index in [9.17, 15) is 14.4 Å². The van der Waals surface area contributed by atoms with Crippen LogP contribution in [0.3, 0.4) is 0 Å². The summed E-state index contributed by atoms with van der Waals surface area (Å²) in [6, 6.07) is 11.2. The van der Waals surface area contributed by atoms with Gasteiger partial charge in [-0.15, -0.1) is 0 Å². The summed E-state index contributed by atoms with van der Waals surface area (Å²) in [7, 11) is 0. The van der Waals surface area contributed by atoms with Crippen molar-refractivity contribution in [3.8, 4) is 0 Å². The van der Waals surface area contributed by atoms with Crippen LogP contribution < -0.4 is 5.73 Å². The Labute approximate surface area is 157 Å². The average Bonchev–Trinajstić information content (AvgIpc) is 2.65. The predicted molar refractivity (Wildman–Crippen MR) is 102 cm³/mol. The van der Waals surface area contributed by atoms with E-state index in [4.69, 9.17) is 15.6 Å². The van der Waals surface area contributed by atoms with Gasteiger partial charge in [-0.3, -0.25) is 0 Å². The predicted octanol–water partition coefficient (Wildman–Crippen LogP) is 3.89. The fourth-order valence-corrected chi connectivity index (χ4v) is 1.97. The molecule has 27 heavy (non-hydrogen) atoms. The number of aryl methyl sites for hydroxylation is 1. The van der Waals surface area contributed by atoms with Crippen LogP contribution in [0.25, 0.3) is 0 Å². The molecule has 0 heterocycles. The number of ether oxygens (including phenoxy) is 1. The highest BCUT2D eigenvalue weighted by Gasteiger charge is 2.06. The Kier molecular flexibility index (Phi) is 8.98. The molecule has 0 spiro atoms. The smallest absolute Gasteiger partial charge is 0.338 e. The summed E-state index contributed by atoms with van der Waals surface area (Å²) < 4.78 is 5.02. The molecule has 0 amide bonds. The lowest BCUT2D eigenvalue weighted by Gasteiger charge is -2.03. The molecule has 0 saturated heterocycles. The number of nitrogen functional groups attached to an aromatic ring is 1. The zero-order valence-corrected chi connectivity index (χ0v) is 15.3. The van der Waals surface area contributed by atoms with Gasteiger partial charge in [0.05, 0.1) is 23.4 Å². The first-order chi connectivity index (χ1) is 12.9. The third kappa shape index (κ3) is 7.54. The summed E-state index contributed by atoms with van der Waals surface area (Å²) in [6.07, 6.45) is 3.28. The number of rotatable bonds is 6. The van der Waals surface area contributed by atoms with Crippen LogP contribution in [0.5, 0.6) is 0 Å². The van der Waals surface area contributed by atoms with Crippen LogP contribution in [0, 0.1) is 6.92 Å². The molecular weight excluding hydrogens is 348 g/mol. The van der Waals surface area contributed by atoms with Crippen LogP contribution >= 0.6 is 0 Å². The maximum atomic E-state index is 11.5. The first-order valence-corrected chi connectivity index (χ1v) is 8.33. The molecule has 0 saturated carbocycles. The number of carboxylic acids is 1. The number of hydrogen-bond acceptors (Lipinski definition) is 6. The number of aromatic carboxylic acids is 1. The van der Waals surface area contributed by atoms with Crippen LogP contribution in [-0.2, 0) is 9.53 Å². The molecule has 142 valence electrons. The lowest BCUT2D eigenvalue weighted by molar-refractivity contribution is 0.0499. The first kappa shape index (κ1) is 21.6. The van der Waals surface area contributed by atoms with Gasteiger partial charge in [-0.05, 0) is 49.7 Å². The number of nitrogens with zero attached hydrogens (tertiary/aromatic N) is 1. The molecule has 3 N–H and O–H groups in total. The number of benzene rings is 2. The summed E-state index contributed by atoms with van der Waals surface area (Å²) >= 11 is 0. The van der Waals surface area contributed by atoms with Gasteiger partial charge in [-0.25, -0.2) is 14.4 Å². The Hall–Kier alpha value is -3.44. The molecule has 0 fully saturated rings. The molecule has 2 aromatic rings. The van der Waals surface area contributed by atoms with Gasteiger partial charge in [0.1, 0.15) is 0 Å². The molecule has 7 nitrogen and oxygen atoms in total. The minimum Gasteiger partial charge on any atom is -0.478 e. The lowest BCUT2D eigenvalue weighted by atomic mass is 10.1. The van der Waals surface area contributed by atoms with E-state index in [1.165, 1.54) is 6.08 Å². The van der Waals surface area contributed by atoms with Crippen LogP contribution in [0.2, 0.25) is 0 Å². The highest BCUT2D eigenvalue weighted by molar-refractivity contribution is 5.93. The van der Waals surface area contributed by atoms with Gasteiger partial charge in [0.25, 0.3) is 0 Å². The lowest BCUT2D eigenvalue weighted by Crippen LogP contribution is -2.05. The number of nitrogens with two attached hydrogens (primary N) is 1. The maximum Gasteiger partial charge on any atom is 0.338 e. The quantitative estimate of drug-likeness (QED) is 0.262. The molecule has 0 radical (unpaired) electrons. The van der Waals surface area contributed by atoms with Crippen molar-refractivity contribution in [3.05, 3.63) is 59.2 Å². The van der Waals surface area contributed by atoms with Gasteiger partial charge in [0.15, 0.2) is 0 Å². The summed E-state index contributed by atoms with van der Waals surface area (Å²) in [5, 5.41) is 8.61. The van der Waals surface area contributed by atoms with E-state index in [0.29, 0.717) is 23.5 Å². The second-order valence-electron chi connectivity index (χ2n) is 5.64. The second kappa shape index (κ2) is 11.2. The van der Waals surface area contributed by atoms with Crippen molar-refractivity contribution in [3.63, 3.8) is 0 Å². The van der Waals surface area contributed by atoms with Crippen molar-refractivity contribution in [1.82, 2.24) is 0 Å². The minimum absolute atomic E-state index is 0.171. The highest BCUT2D eigenvalue weighted by atomic mass is 16.5. The second-order valence-corrected chi connectivity index (χ2v) is 5.64. The van der Waals surface area contributed by atoms with Gasteiger partial charge >= 0.3 is 11.9 Å². The molecule has 2 rings (SSSR count). The maximum absolute atomic E-state index is 11.5. The van der Waals surface area contributed by atoms with E-state index in [0.717, 1.165) is 18.4 Å². The van der Waals surface area contributed by atoms with Crippen molar-refractivity contribution < 1.29 is 24.2 Å². The van der Waals surface area contributed by atoms with Crippen molar-refractivity contribution in [2.45, 2.75) is 26.7 Å². The third-order valence-electron chi connectivity index (χ3n) is 3.45. The Balaban J connectivity index is 0.000000289. The van der Waals surface area contributed by atoms with Crippen LogP contribution in [-0.4, -0.2) is 29.7 Å². The van der Waals surface area contributed by atoms with E-state index in [2.05, 4.69) is 4.99 Å². The zero-order chi connectivity index (χ0) is 20.2. The van der Waals surface area contributed by atoms with Gasteiger partial charge in [0, 0.05) is 5.69 Å². The van der Waals surface area contributed by atoms with E-state index in [1.54, 1.807) is 42.5 Å². The number of carbonyl (C=O) groups is 2. The van der Waals surface area contributed by atoms with Crippen LogP contribution in [0.4, 0.5) is 11.4 Å². The number of esters is 1. The van der Waals surface area contributed by atoms with Gasteiger partial charge in [-0.2, -0.15) is 4.99 Å². The number of carbonyl (C=O) groups excluding carboxylic acids is 2. The van der Waals surface area contributed by atoms with Gasteiger partial charge < -0.3 is 15.6 Å². The molecule has 7 heteroatoms. The van der Waals surface area contributed by atoms with Crippen molar-refractivity contribution in [2.75, 3.05) is 12.3 Å². The molecular formula is C20H22N2O5. The Morgan fingerprint density at radius 2 is 1.85 bits per heavy atom. The monoisotopic (exact) mass is 370 g/mol. The van der Waals surface area contributed by atoms with E-state index in [-0.39, 0.29) is 11.5 Å². The Morgan fingerprint density at radius 3 is 2.37 bits per heavy atom. The molecule has 0 atom stereocenters. The summed E-state index contributed by atoms with van der Waals surface area (Å²) in [5.74, 6) is -1.33. The third-order valence-corrected chi connectivity index (χ3v) is 3.45. The standard InChI is InChI=1S/C12H13NO3.C8H9NO2/c1-2-3-8-16-12(15)10-4-6-11(7-5-10)13-9-14;1-5-2-3-7(9)6(4-5)8(10)11/h4-7H,2-3,8H2,1H3;2-4H,9H2,1H3,(H,10,11). The van der Waals surface area contributed by atoms with Crippen molar-refractivity contribution in [2.24, 2.45) is 4.99 Å². The number of isocyanates is 1. The largest absolute Gasteiger partial charge is 0.478 e. The van der Waals surface area contributed by atoms with E-state index < -0.39 is 5.97 Å². The zero-order valence-electron chi connectivity index (χ0n) is 15.3. The summed E-state index contributed by atoms with van der Waals surface area (Å²) in [4.78, 5) is 35.4. The number of unbranched alkanes of at least 4 members (excludes halogenated alkanes) is 1. The topological polar surface area (TPSA) is 119 Å². The van der Waals surface area contributed by atoms with Crippen LogP contribution in [0.15, 0.2) is 47.5 Å². The Morgan fingerprint density at radius 1 is 1.19 bits per heavy atom. The fourth-order valence-electron chi connectivity index (χ4n) is 1.97. The number of hydrogen-bond donors (Lipinski definition) is 2. The first-order valence-electron chi connectivity index (χ1n) is 8.33. The average molecular weight is 370 g/mol. The number of anilines is 1. The SMILES string of the molecule is CCCCOC(=O)c1ccc(N=C=O)cc1.Cc1ccc(N)c(C(=O)O)c1. The molecule has 0 bridgehead atoms. The number of carboxylic acid groups (broad SMARTS) is 1. The van der Waals surface area contributed by atoms with Gasteiger partial charge in [-0.1, -0.05) is 25.0 Å². The summed E-state index contributed by atoms with van der Waals surface area (Å²) in [5.41, 5.74) is 7.72. The minimum atomic E-state index is -0.980. The number of aliphatic imine (C=N–C) groups is 1. The molecule has 0 aliphatic heterocycles. The highest BCUT2D eigenvalue weighted by Crippen LogP contribution is 2.13. The normalized spacial score (nSPS) is 9.41. The molecule has 0 aliphatic carbocycles. The van der Waals surface area contributed by atoms with Crippen molar-refractivity contribution >= 4 is 29.4 Å². The molecule has 0 aromatic heterocycles. The molecule has 0 unspecified atom stereocenters. The summed E-state index contributed by atoms with van der Waals surface area (Å²) in [6.45, 7) is 4.29. The molecule has 2 aromatic carbocycles. The van der Waals surface area contributed by atoms with Gasteiger partial charge in [0.2, 0.25) is 6.08 Å². The molecule has 0 aliphatic rings. The van der Waals surface area contributed by atoms with E-state index >= 15 is 0 Å². The Bertz CT molecular complexity index is 825. The van der Waals surface area contributed by atoms with E-state index in [1.807, 2.05) is 13.8 Å². The van der Waals surface area contributed by atoms with Crippen LogP contribution in [0.1, 0.15) is 46.0 Å².